The summed E-state index contributed by atoms with van der Waals surface area (Å²) in [6.45, 7) is 11.7. The molecular weight excluding hydrogens is 494 g/mol. The third-order valence-corrected chi connectivity index (χ3v) is 7.73. The van der Waals surface area contributed by atoms with Gasteiger partial charge in [0.15, 0.2) is 5.82 Å². The van der Waals surface area contributed by atoms with Gasteiger partial charge in [0.2, 0.25) is 0 Å². The number of rotatable bonds is 4. The average molecular weight is 524 g/mol. The highest BCUT2D eigenvalue weighted by Gasteiger charge is 2.31. The zero-order chi connectivity index (χ0) is 27.2. The molecule has 0 fully saturated rings. The molecule has 1 aliphatic rings. The molecule has 0 unspecified atom stereocenters. The Morgan fingerprint density at radius 2 is 1.61 bits per heavy atom. The van der Waals surface area contributed by atoms with Gasteiger partial charge in [-0.15, -0.1) is 21.5 Å². The van der Waals surface area contributed by atoms with Crippen LogP contribution in [0.2, 0.25) is 0 Å². The molecule has 3 heterocycles. The number of hydrogen-bond acceptors (Lipinski definition) is 7. The van der Waals surface area contributed by atoms with Gasteiger partial charge in [-0.1, -0.05) is 36.4 Å². The monoisotopic (exact) mass is 523 g/mol. The molecule has 0 spiro atoms. The first-order valence-corrected chi connectivity index (χ1v) is 13.3. The Kier molecular flexibility index (Phi) is 6.49. The number of ether oxygens (including phenoxy) is 1. The van der Waals surface area contributed by atoms with Crippen LogP contribution in [0.4, 0.5) is 0 Å². The molecule has 0 radical (unpaired) electrons. The zero-order valence-electron chi connectivity index (χ0n) is 22.4. The lowest BCUT2D eigenvalue weighted by molar-refractivity contribution is 0.00695. The van der Waals surface area contributed by atoms with Crippen molar-refractivity contribution in [1.29, 1.82) is 5.26 Å². The summed E-state index contributed by atoms with van der Waals surface area (Å²) in [6, 6.07) is 17.6. The molecule has 192 valence electrons. The number of nitriles is 1. The lowest BCUT2D eigenvalue weighted by atomic mass is 9.96. The van der Waals surface area contributed by atoms with E-state index >= 15 is 0 Å². The van der Waals surface area contributed by atoms with E-state index in [4.69, 9.17) is 9.73 Å². The molecule has 0 N–H and O–H groups in total. The molecule has 0 bridgehead atoms. The summed E-state index contributed by atoms with van der Waals surface area (Å²) < 4.78 is 7.53. The van der Waals surface area contributed by atoms with Crippen LogP contribution in [-0.4, -0.2) is 32.0 Å². The molecule has 0 saturated heterocycles. The van der Waals surface area contributed by atoms with E-state index in [2.05, 4.69) is 58.9 Å². The first-order chi connectivity index (χ1) is 18.1. The van der Waals surface area contributed by atoms with Crippen LogP contribution < -0.4 is 0 Å². The molecule has 1 aliphatic heterocycles. The van der Waals surface area contributed by atoms with Crippen LogP contribution in [-0.2, 0) is 4.74 Å². The van der Waals surface area contributed by atoms with Crippen LogP contribution >= 0.6 is 11.3 Å². The van der Waals surface area contributed by atoms with E-state index < -0.39 is 11.6 Å². The summed E-state index contributed by atoms with van der Waals surface area (Å²) in [4.78, 5) is 18.7. The van der Waals surface area contributed by atoms with Gasteiger partial charge >= 0.3 is 5.97 Å². The van der Waals surface area contributed by atoms with Crippen molar-refractivity contribution in [2.45, 2.75) is 59.6 Å². The largest absolute Gasteiger partial charge is 0.456 e. The van der Waals surface area contributed by atoms with Crippen LogP contribution in [0.25, 0.3) is 16.1 Å². The Balaban J connectivity index is 1.52. The Morgan fingerprint density at radius 3 is 2.21 bits per heavy atom. The number of esters is 1. The predicted molar refractivity (Wildman–Crippen MR) is 149 cm³/mol. The number of thiophene rings is 1. The number of nitrogens with zero attached hydrogens (tertiary/aromatic N) is 5. The predicted octanol–water partition coefficient (Wildman–Crippen LogP) is 6.68. The van der Waals surface area contributed by atoms with Crippen LogP contribution in [0.1, 0.15) is 76.8 Å². The Hall–Kier alpha value is -4.09. The summed E-state index contributed by atoms with van der Waals surface area (Å²) in [5.41, 5.74) is 6.08. The summed E-state index contributed by atoms with van der Waals surface area (Å²) in [5, 5.41) is 19.3. The van der Waals surface area contributed by atoms with Crippen molar-refractivity contribution in [2.75, 3.05) is 0 Å². The third kappa shape index (κ3) is 4.66. The van der Waals surface area contributed by atoms with Gasteiger partial charge < -0.3 is 4.74 Å². The van der Waals surface area contributed by atoms with E-state index in [-0.39, 0.29) is 12.4 Å². The fourth-order valence-corrected chi connectivity index (χ4v) is 5.78. The van der Waals surface area contributed by atoms with Crippen molar-refractivity contribution >= 4 is 23.0 Å². The second-order valence-corrected chi connectivity index (χ2v) is 11.6. The van der Waals surface area contributed by atoms with Crippen LogP contribution in [0, 0.1) is 32.1 Å². The van der Waals surface area contributed by atoms with E-state index in [1.54, 1.807) is 23.5 Å². The van der Waals surface area contributed by atoms with Gasteiger partial charge in [-0.3, -0.25) is 9.56 Å². The zero-order valence-corrected chi connectivity index (χ0v) is 23.2. The molecule has 7 nitrogen and oxygen atoms in total. The quantitative estimate of drug-likeness (QED) is 0.278. The summed E-state index contributed by atoms with van der Waals surface area (Å²) >= 11 is 1.70. The maximum atomic E-state index is 12.4. The highest BCUT2D eigenvalue weighted by molar-refractivity contribution is 7.15. The number of benzene rings is 2. The van der Waals surface area contributed by atoms with E-state index in [9.17, 15) is 10.1 Å². The first-order valence-electron chi connectivity index (χ1n) is 12.5. The molecule has 2 aromatic heterocycles. The molecule has 0 aliphatic carbocycles. The number of carbonyl (C=O) groups excluding carboxylic acids is 1. The van der Waals surface area contributed by atoms with Gasteiger partial charge in [-0.25, -0.2) is 4.79 Å². The number of aromatic nitrogens is 3. The van der Waals surface area contributed by atoms with Crippen molar-refractivity contribution in [2.24, 2.45) is 4.99 Å². The van der Waals surface area contributed by atoms with Gasteiger partial charge in [0.1, 0.15) is 22.5 Å². The minimum absolute atomic E-state index is 0.219. The molecule has 0 saturated carbocycles. The maximum Gasteiger partial charge on any atom is 0.338 e. The molecular formula is C30H29N5O2S. The first kappa shape index (κ1) is 25.6. The summed E-state index contributed by atoms with van der Waals surface area (Å²) in [7, 11) is 0. The van der Waals surface area contributed by atoms with Crippen molar-refractivity contribution < 1.29 is 9.53 Å². The van der Waals surface area contributed by atoms with Gasteiger partial charge in [-0.05, 0) is 70.4 Å². The minimum atomic E-state index is -0.536. The van der Waals surface area contributed by atoms with Crippen molar-refractivity contribution in [3.63, 3.8) is 0 Å². The topological polar surface area (TPSA) is 93.2 Å². The number of hydrogen-bond donors (Lipinski definition) is 0. The van der Waals surface area contributed by atoms with Gasteiger partial charge in [0.25, 0.3) is 0 Å². The summed E-state index contributed by atoms with van der Waals surface area (Å²) in [6.07, 6.45) is 0.219. The highest BCUT2D eigenvalue weighted by atomic mass is 32.1. The molecule has 1 atom stereocenters. The Labute approximate surface area is 226 Å². The Bertz CT molecular complexity index is 1600. The van der Waals surface area contributed by atoms with Crippen molar-refractivity contribution in [3.05, 3.63) is 87.3 Å². The fourth-order valence-electron chi connectivity index (χ4n) is 4.57. The number of aliphatic imine (C=N–C) groups is 1. The van der Waals surface area contributed by atoms with Crippen LogP contribution in [0.5, 0.6) is 0 Å². The number of fused-ring (bicyclic) bond motifs is 3. The number of aryl methyl sites for hydroxylation is 2. The SMILES string of the molecule is Cc1sc2c(c1C)C(c1ccc(-c3ccc(C(=O)OC(C)(C)C)cc3)cc1)=N[C@@H](CC#N)c1nnc(C)n1-2. The van der Waals surface area contributed by atoms with E-state index in [0.29, 0.717) is 11.4 Å². The molecule has 8 heteroatoms. The lowest BCUT2D eigenvalue weighted by Gasteiger charge is -2.19. The standard InChI is InChI=1S/C30H29N5O2S/c1-17-18(2)38-28-25(17)26(32-24(15-16-31)27-34-33-19(3)35(27)28)22-11-7-20(8-12-22)21-9-13-23(14-10-21)29(36)37-30(4,5)6/h7-14,24H,15H2,1-6H3/t24-/m0/s1. The van der Waals surface area contributed by atoms with Crippen molar-refractivity contribution in [1.82, 2.24) is 14.8 Å². The average Bonchev–Trinajstić information content (AvgIpc) is 3.35. The normalized spacial score (nSPS) is 14.7. The van der Waals surface area contributed by atoms with Crippen LogP contribution in [0.3, 0.4) is 0 Å². The van der Waals surface area contributed by atoms with Gasteiger partial charge in [0.05, 0.1) is 23.8 Å². The van der Waals surface area contributed by atoms with Crippen LogP contribution in [0.15, 0.2) is 53.5 Å². The third-order valence-electron chi connectivity index (χ3n) is 6.54. The number of carbonyl (C=O) groups is 1. The Morgan fingerprint density at radius 1 is 1.00 bits per heavy atom. The van der Waals surface area contributed by atoms with Crippen molar-refractivity contribution in [3.8, 4) is 22.2 Å². The highest BCUT2D eigenvalue weighted by Crippen LogP contribution is 2.39. The molecule has 2 aromatic carbocycles. The van der Waals surface area contributed by atoms with Gasteiger partial charge in [0, 0.05) is 16.0 Å². The van der Waals surface area contributed by atoms with Gasteiger partial charge in [-0.2, -0.15) is 5.26 Å². The lowest BCUT2D eigenvalue weighted by Crippen LogP contribution is -2.23. The second kappa shape index (κ2) is 9.66. The van der Waals surface area contributed by atoms with E-state index in [1.807, 2.05) is 39.8 Å². The molecule has 5 rings (SSSR count). The smallest absolute Gasteiger partial charge is 0.338 e. The van der Waals surface area contributed by atoms with E-state index in [0.717, 1.165) is 38.8 Å². The minimum Gasteiger partial charge on any atom is -0.456 e. The second-order valence-electron chi connectivity index (χ2n) is 10.4. The molecule has 0 amide bonds. The molecule has 38 heavy (non-hydrogen) atoms. The summed E-state index contributed by atoms with van der Waals surface area (Å²) in [5.74, 6) is 1.15. The van der Waals surface area contributed by atoms with E-state index in [1.165, 1.54) is 10.4 Å². The molecule has 4 aromatic rings. The fraction of sp³-hybridized carbons (Fsp3) is 0.300. The maximum absolute atomic E-state index is 12.4.